The summed E-state index contributed by atoms with van der Waals surface area (Å²) in [6, 6.07) is 0. The molecule has 2 aromatic rings. The van der Waals surface area contributed by atoms with E-state index >= 15 is 0 Å². The molecule has 1 N–H and O–H groups in total. The van der Waals surface area contributed by atoms with Crippen LogP contribution in [0.4, 0.5) is 5.95 Å². The Labute approximate surface area is 133 Å². The van der Waals surface area contributed by atoms with Gasteiger partial charge in [0.05, 0.1) is 6.10 Å². The number of aromatic nitrogens is 4. The number of aryl methyl sites for hydroxylation is 2. The Morgan fingerprint density at radius 3 is 2.83 bits per heavy atom. The second-order valence-electron chi connectivity index (χ2n) is 6.04. The molecule has 1 aliphatic heterocycles. The maximum Gasteiger partial charge on any atom is 0.329 e. The molecule has 1 saturated heterocycles. The van der Waals surface area contributed by atoms with E-state index in [-0.39, 0.29) is 6.10 Å². The maximum absolute atomic E-state index is 12.1. The zero-order valence-corrected chi connectivity index (χ0v) is 13.8. The fourth-order valence-electron chi connectivity index (χ4n) is 3.12. The standard InChI is InChI=1S/C15H23N5O3/c1-4-8-23-10-6-5-7-20(9-10)14-16-12-11(18(14)2)13(21)17-15(22)19(12)3/h10H,4-9H2,1-3H3,(H,17,21,22). The van der Waals surface area contributed by atoms with E-state index in [0.717, 1.165) is 39.0 Å². The minimum absolute atomic E-state index is 0.186. The Morgan fingerprint density at radius 2 is 2.09 bits per heavy atom. The quantitative estimate of drug-likeness (QED) is 0.878. The van der Waals surface area contributed by atoms with Crippen LogP contribution in [0.5, 0.6) is 0 Å². The number of H-pyrrole nitrogens is 1. The number of aromatic amines is 1. The number of nitrogens with one attached hydrogen (secondary N) is 1. The van der Waals surface area contributed by atoms with Gasteiger partial charge >= 0.3 is 5.69 Å². The fourth-order valence-corrected chi connectivity index (χ4v) is 3.12. The van der Waals surface area contributed by atoms with Gasteiger partial charge in [-0.1, -0.05) is 6.92 Å². The van der Waals surface area contributed by atoms with E-state index in [9.17, 15) is 9.59 Å². The maximum atomic E-state index is 12.1. The Balaban J connectivity index is 1.98. The van der Waals surface area contributed by atoms with Crippen LogP contribution in [0.1, 0.15) is 26.2 Å². The van der Waals surface area contributed by atoms with Gasteiger partial charge in [-0.3, -0.25) is 14.3 Å². The molecule has 23 heavy (non-hydrogen) atoms. The van der Waals surface area contributed by atoms with Crippen LogP contribution in [-0.2, 0) is 18.8 Å². The molecule has 1 atom stereocenters. The largest absolute Gasteiger partial charge is 0.376 e. The van der Waals surface area contributed by atoms with Crippen molar-refractivity contribution in [3.8, 4) is 0 Å². The summed E-state index contributed by atoms with van der Waals surface area (Å²) in [5, 5.41) is 0. The highest BCUT2D eigenvalue weighted by Gasteiger charge is 2.25. The van der Waals surface area contributed by atoms with Crippen LogP contribution in [0, 0.1) is 0 Å². The smallest absolute Gasteiger partial charge is 0.329 e. The van der Waals surface area contributed by atoms with Crippen LogP contribution >= 0.6 is 0 Å². The molecule has 0 bridgehead atoms. The minimum Gasteiger partial charge on any atom is -0.376 e. The second kappa shape index (κ2) is 6.19. The van der Waals surface area contributed by atoms with Crippen LogP contribution in [0.2, 0.25) is 0 Å². The molecule has 8 nitrogen and oxygen atoms in total. The summed E-state index contributed by atoms with van der Waals surface area (Å²) in [5.41, 5.74) is -0.0263. The van der Waals surface area contributed by atoms with Crippen LogP contribution < -0.4 is 16.1 Å². The lowest BCUT2D eigenvalue weighted by Gasteiger charge is -2.33. The summed E-state index contributed by atoms with van der Waals surface area (Å²) >= 11 is 0. The molecule has 0 amide bonds. The van der Waals surface area contributed by atoms with Gasteiger partial charge in [0.15, 0.2) is 11.2 Å². The molecule has 2 aromatic heterocycles. The molecule has 8 heteroatoms. The number of fused-ring (bicyclic) bond motifs is 1. The highest BCUT2D eigenvalue weighted by Crippen LogP contribution is 2.22. The van der Waals surface area contributed by atoms with Crippen molar-refractivity contribution in [1.29, 1.82) is 0 Å². The second-order valence-corrected chi connectivity index (χ2v) is 6.04. The van der Waals surface area contributed by atoms with Crippen molar-refractivity contribution >= 4 is 17.1 Å². The van der Waals surface area contributed by atoms with E-state index in [4.69, 9.17) is 4.74 Å². The Morgan fingerprint density at radius 1 is 1.30 bits per heavy atom. The summed E-state index contributed by atoms with van der Waals surface area (Å²) < 4.78 is 8.99. The summed E-state index contributed by atoms with van der Waals surface area (Å²) in [4.78, 5) is 32.9. The molecular weight excluding hydrogens is 298 g/mol. The van der Waals surface area contributed by atoms with Gasteiger partial charge in [0.25, 0.3) is 5.56 Å². The monoisotopic (exact) mass is 321 g/mol. The normalized spacial score (nSPS) is 18.7. The van der Waals surface area contributed by atoms with E-state index in [0.29, 0.717) is 17.1 Å². The van der Waals surface area contributed by atoms with Gasteiger partial charge in [-0.25, -0.2) is 4.79 Å². The molecule has 3 heterocycles. The van der Waals surface area contributed by atoms with E-state index in [1.54, 1.807) is 18.7 Å². The first kappa shape index (κ1) is 15.8. The van der Waals surface area contributed by atoms with Crippen molar-refractivity contribution < 1.29 is 4.74 Å². The number of hydrogen-bond acceptors (Lipinski definition) is 5. The van der Waals surface area contributed by atoms with Gasteiger partial charge < -0.3 is 14.2 Å². The van der Waals surface area contributed by atoms with Crippen molar-refractivity contribution in [2.45, 2.75) is 32.3 Å². The fraction of sp³-hybridized carbons (Fsp3) is 0.667. The zero-order valence-electron chi connectivity index (χ0n) is 13.8. The third-order valence-electron chi connectivity index (χ3n) is 4.33. The van der Waals surface area contributed by atoms with Crippen molar-refractivity contribution in [2.75, 3.05) is 24.6 Å². The van der Waals surface area contributed by atoms with E-state index < -0.39 is 11.2 Å². The van der Waals surface area contributed by atoms with E-state index in [1.807, 2.05) is 0 Å². The zero-order chi connectivity index (χ0) is 16.6. The molecule has 1 unspecified atom stereocenters. The highest BCUT2D eigenvalue weighted by atomic mass is 16.5. The lowest BCUT2D eigenvalue weighted by atomic mass is 10.1. The lowest BCUT2D eigenvalue weighted by molar-refractivity contribution is 0.0437. The molecule has 0 aromatic carbocycles. The lowest BCUT2D eigenvalue weighted by Crippen LogP contribution is -2.41. The molecule has 0 radical (unpaired) electrons. The topological polar surface area (TPSA) is 85.2 Å². The first-order valence-corrected chi connectivity index (χ1v) is 8.05. The SMILES string of the molecule is CCCOC1CCCN(c2nc3c(c(=O)[nH]c(=O)n3C)n2C)C1. The predicted octanol–water partition coefficient (Wildman–Crippen LogP) is 0.356. The van der Waals surface area contributed by atoms with Crippen molar-refractivity contribution in [3.63, 3.8) is 0 Å². The third-order valence-corrected chi connectivity index (χ3v) is 4.33. The van der Waals surface area contributed by atoms with Crippen molar-refractivity contribution in [1.82, 2.24) is 19.1 Å². The predicted molar refractivity (Wildman–Crippen MR) is 88.1 cm³/mol. The summed E-state index contributed by atoms with van der Waals surface area (Å²) in [5.74, 6) is 0.705. The van der Waals surface area contributed by atoms with E-state index in [1.165, 1.54) is 4.57 Å². The van der Waals surface area contributed by atoms with Gasteiger partial charge in [0.2, 0.25) is 5.95 Å². The Bertz CT molecular complexity index is 819. The summed E-state index contributed by atoms with van der Waals surface area (Å²) in [6.07, 6.45) is 3.25. The van der Waals surface area contributed by atoms with Gasteiger partial charge in [-0.05, 0) is 19.3 Å². The van der Waals surface area contributed by atoms with Gasteiger partial charge in [-0.15, -0.1) is 0 Å². The molecule has 0 saturated carbocycles. The van der Waals surface area contributed by atoms with Gasteiger partial charge in [0, 0.05) is 33.8 Å². The van der Waals surface area contributed by atoms with Crippen LogP contribution in [0.15, 0.2) is 9.59 Å². The number of hydrogen-bond donors (Lipinski definition) is 1. The van der Waals surface area contributed by atoms with Gasteiger partial charge in [0.1, 0.15) is 0 Å². The molecule has 126 valence electrons. The van der Waals surface area contributed by atoms with Crippen LogP contribution in [-0.4, -0.2) is 44.9 Å². The van der Waals surface area contributed by atoms with Gasteiger partial charge in [-0.2, -0.15) is 4.98 Å². The number of nitrogens with zero attached hydrogens (tertiary/aromatic N) is 4. The number of anilines is 1. The third kappa shape index (κ3) is 2.78. The minimum atomic E-state index is -0.449. The van der Waals surface area contributed by atoms with Crippen molar-refractivity contribution in [2.24, 2.45) is 14.1 Å². The molecule has 3 rings (SSSR count). The summed E-state index contributed by atoms with van der Waals surface area (Å²) in [7, 11) is 3.42. The first-order valence-electron chi connectivity index (χ1n) is 8.05. The van der Waals surface area contributed by atoms with Crippen LogP contribution in [0.25, 0.3) is 11.2 Å². The summed E-state index contributed by atoms with van der Waals surface area (Å²) in [6.45, 7) is 4.48. The van der Waals surface area contributed by atoms with Crippen LogP contribution in [0.3, 0.4) is 0 Å². The number of imidazole rings is 1. The highest BCUT2D eigenvalue weighted by molar-refractivity contribution is 5.74. The molecule has 1 aliphatic rings. The molecular formula is C15H23N5O3. The number of ether oxygens (including phenoxy) is 1. The molecule has 0 spiro atoms. The average Bonchev–Trinajstić information content (AvgIpc) is 2.89. The first-order chi connectivity index (χ1) is 11.0. The molecule has 1 fully saturated rings. The Hall–Kier alpha value is -2.09. The molecule has 0 aliphatic carbocycles. The number of piperidine rings is 1. The van der Waals surface area contributed by atoms with E-state index in [2.05, 4.69) is 21.8 Å². The van der Waals surface area contributed by atoms with Crippen molar-refractivity contribution in [3.05, 3.63) is 20.8 Å². The number of rotatable bonds is 4. The average molecular weight is 321 g/mol. The Kier molecular flexibility index (Phi) is 4.25.